The molecule has 0 aromatic heterocycles. The van der Waals surface area contributed by atoms with Crippen LogP contribution in [0, 0.1) is 5.92 Å². The Kier molecular flexibility index (Phi) is 8.00. The summed E-state index contributed by atoms with van der Waals surface area (Å²) in [5.74, 6) is -1.11. The third kappa shape index (κ3) is 6.73. The topological polar surface area (TPSA) is 84.9 Å². The molecule has 3 unspecified atom stereocenters. The fourth-order valence-corrected chi connectivity index (χ4v) is 2.39. The van der Waals surface area contributed by atoms with Crippen molar-refractivity contribution in [3.8, 4) is 0 Å². The number of carboxylic acid groups (broad SMARTS) is 1. The zero-order valence-corrected chi connectivity index (χ0v) is 12.5. The SMILES string of the molecule is C=CCOCC(NC(=O)COC1CCCCC1C)C(=O)O. The molecule has 0 aromatic carbocycles. The van der Waals surface area contributed by atoms with Gasteiger partial charge in [0, 0.05) is 0 Å². The Balaban J connectivity index is 2.32. The highest BCUT2D eigenvalue weighted by atomic mass is 16.5. The molecule has 1 aliphatic rings. The summed E-state index contributed by atoms with van der Waals surface area (Å²) in [5, 5.41) is 11.4. The first-order valence-electron chi connectivity index (χ1n) is 7.37. The standard InChI is InChI=1S/C15H25NO5/c1-3-8-20-9-12(15(18)19)16-14(17)10-21-13-7-5-4-6-11(13)2/h3,11-13H,1,4-10H2,2H3,(H,16,17)(H,18,19). The van der Waals surface area contributed by atoms with Crippen LogP contribution >= 0.6 is 0 Å². The van der Waals surface area contributed by atoms with Crippen molar-refractivity contribution in [2.45, 2.75) is 44.8 Å². The Bertz CT molecular complexity index is 358. The van der Waals surface area contributed by atoms with Crippen LogP contribution in [0.4, 0.5) is 0 Å². The molecule has 0 aromatic rings. The Labute approximate surface area is 125 Å². The third-order valence-electron chi connectivity index (χ3n) is 3.61. The zero-order chi connectivity index (χ0) is 15.7. The van der Waals surface area contributed by atoms with Gasteiger partial charge in [0.2, 0.25) is 5.91 Å². The van der Waals surface area contributed by atoms with Crippen molar-refractivity contribution >= 4 is 11.9 Å². The maximum Gasteiger partial charge on any atom is 0.328 e. The van der Waals surface area contributed by atoms with Crippen LogP contribution in [0.3, 0.4) is 0 Å². The second-order valence-electron chi connectivity index (χ2n) is 5.40. The summed E-state index contributed by atoms with van der Waals surface area (Å²) in [4.78, 5) is 22.8. The second kappa shape index (κ2) is 9.52. The molecular weight excluding hydrogens is 274 g/mol. The van der Waals surface area contributed by atoms with Crippen molar-refractivity contribution in [2.24, 2.45) is 5.92 Å². The lowest BCUT2D eigenvalue weighted by atomic mass is 9.88. The van der Waals surface area contributed by atoms with Gasteiger partial charge in [0.1, 0.15) is 6.61 Å². The molecule has 1 saturated carbocycles. The Hall–Kier alpha value is -1.40. The van der Waals surface area contributed by atoms with Gasteiger partial charge in [0.15, 0.2) is 6.04 Å². The van der Waals surface area contributed by atoms with E-state index in [9.17, 15) is 9.59 Å². The van der Waals surface area contributed by atoms with Gasteiger partial charge in [-0.05, 0) is 18.8 Å². The van der Waals surface area contributed by atoms with Gasteiger partial charge in [0.25, 0.3) is 0 Å². The van der Waals surface area contributed by atoms with E-state index in [1.165, 1.54) is 12.5 Å². The zero-order valence-electron chi connectivity index (χ0n) is 12.5. The molecule has 120 valence electrons. The number of carbonyl (C=O) groups excluding carboxylic acids is 1. The van der Waals surface area contributed by atoms with Gasteiger partial charge in [-0.2, -0.15) is 0 Å². The van der Waals surface area contributed by atoms with Crippen LogP contribution in [-0.2, 0) is 19.1 Å². The number of hydrogen-bond donors (Lipinski definition) is 2. The van der Waals surface area contributed by atoms with E-state index in [0.29, 0.717) is 5.92 Å². The number of aliphatic carboxylic acids is 1. The maximum atomic E-state index is 11.8. The quantitative estimate of drug-likeness (QED) is 0.496. The Morgan fingerprint density at radius 2 is 2.14 bits per heavy atom. The van der Waals surface area contributed by atoms with E-state index < -0.39 is 17.9 Å². The van der Waals surface area contributed by atoms with E-state index in [1.54, 1.807) is 0 Å². The van der Waals surface area contributed by atoms with Crippen LogP contribution in [-0.4, -0.2) is 48.9 Å². The summed E-state index contributed by atoms with van der Waals surface area (Å²) in [5.41, 5.74) is 0. The van der Waals surface area contributed by atoms with Crippen molar-refractivity contribution in [1.82, 2.24) is 5.32 Å². The summed E-state index contributed by atoms with van der Waals surface area (Å²) in [6.07, 6.45) is 6.00. The monoisotopic (exact) mass is 299 g/mol. The lowest BCUT2D eigenvalue weighted by Crippen LogP contribution is -2.46. The summed E-state index contributed by atoms with van der Waals surface area (Å²) in [6.45, 7) is 5.63. The van der Waals surface area contributed by atoms with E-state index in [4.69, 9.17) is 14.6 Å². The van der Waals surface area contributed by atoms with Gasteiger partial charge in [-0.25, -0.2) is 4.79 Å². The van der Waals surface area contributed by atoms with Crippen LogP contribution in [0.2, 0.25) is 0 Å². The average Bonchev–Trinajstić information content (AvgIpc) is 2.45. The number of nitrogens with one attached hydrogen (secondary N) is 1. The highest BCUT2D eigenvalue weighted by Crippen LogP contribution is 2.25. The molecule has 1 fully saturated rings. The molecule has 0 bridgehead atoms. The van der Waals surface area contributed by atoms with Crippen LogP contribution in [0.1, 0.15) is 32.6 Å². The minimum atomic E-state index is -1.13. The van der Waals surface area contributed by atoms with E-state index in [0.717, 1.165) is 19.3 Å². The van der Waals surface area contributed by atoms with Gasteiger partial charge in [0.05, 0.1) is 19.3 Å². The van der Waals surface area contributed by atoms with E-state index in [1.807, 2.05) is 0 Å². The molecule has 0 spiro atoms. The molecule has 21 heavy (non-hydrogen) atoms. The van der Waals surface area contributed by atoms with Crippen molar-refractivity contribution in [2.75, 3.05) is 19.8 Å². The van der Waals surface area contributed by atoms with Gasteiger partial charge in [-0.1, -0.05) is 25.8 Å². The van der Waals surface area contributed by atoms with Gasteiger partial charge >= 0.3 is 5.97 Å². The van der Waals surface area contributed by atoms with Crippen molar-refractivity contribution < 1.29 is 24.2 Å². The molecule has 6 nitrogen and oxygen atoms in total. The smallest absolute Gasteiger partial charge is 0.328 e. The molecule has 1 rings (SSSR count). The summed E-state index contributed by atoms with van der Waals surface area (Å²) < 4.78 is 10.7. The van der Waals surface area contributed by atoms with Crippen molar-refractivity contribution in [3.05, 3.63) is 12.7 Å². The predicted octanol–water partition coefficient (Wildman–Crippen LogP) is 1.35. The first-order valence-corrected chi connectivity index (χ1v) is 7.37. The van der Waals surface area contributed by atoms with E-state index >= 15 is 0 Å². The van der Waals surface area contributed by atoms with Crippen molar-refractivity contribution in [1.29, 1.82) is 0 Å². The highest BCUT2D eigenvalue weighted by Gasteiger charge is 2.24. The average molecular weight is 299 g/mol. The van der Waals surface area contributed by atoms with Gasteiger partial charge in [-0.3, -0.25) is 4.79 Å². The van der Waals surface area contributed by atoms with Gasteiger partial charge in [-0.15, -0.1) is 6.58 Å². The predicted molar refractivity (Wildman–Crippen MR) is 78.0 cm³/mol. The van der Waals surface area contributed by atoms with E-state index in [-0.39, 0.29) is 25.9 Å². The number of carbonyl (C=O) groups is 2. The minimum absolute atomic E-state index is 0.0878. The minimum Gasteiger partial charge on any atom is -0.480 e. The lowest BCUT2D eigenvalue weighted by molar-refractivity contribution is -0.145. The number of rotatable bonds is 9. The molecule has 1 aliphatic carbocycles. The van der Waals surface area contributed by atoms with Gasteiger partial charge < -0.3 is 19.9 Å². The molecule has 3 atom stereocenters. The third-order valence-corrected chi connectivity index (χ3v) is 3.61. The lowest BCUT2D eigenvalue weighted by Gasteiger charge is -2.28. The molecule has 0 aliphatic heterocycles. The number of amides is 1. The fourth-order valence-electron chi connectivity index (χ4n) is 2.39. The molecule has 0 radical (unpaired) electrons. The van der Waals surface area contributed by atoms with Crippen LogP contribution in [0.5, 0.6) is 0 Å². The normalized spacial score (nSPS) is 23.3. The highest BCUT2D eigenvalue weighted by molar-refractivity contribution is 5.84. The van der Waals surface area contributed by atoms with Crippen LogP contribution in [0.15, 0.2) is 12.7 Å². The maximum absolute atomic E-state index is 11.8. The summed E-state index contributed by atoms with van der Waals surface area (Å²) in [7, 11) is 0. The molecule has 1 amide bonds. The Morgan fingerprint density at radius 1 is 1.43 bits per heavy atom. The summed E-state index contributed by atoms with van der Waals surface area (Å²) >= 11 is 0. The first-order chi connectivity index (χ1) is 10.0. The molecule has 0 heterocycles. The van der Waals surface area contributed by atoms with Crippen LogP contribution < -0.4 is 5.32 Å². The largest absolute Gasteiger partial charge is 0.480 e. The second-order valence-corrected chi connectivity index (χ2v) is 5.40. The first kappa shape index (κ1) is 17.7. The number of hydrogen-bond acceptors (Lipinski definition) is 4. The number of ether oxygens (including phenoxy) is 2. The number of carboxylic acids is 1. The molecule has 0 saturated heterocycles. The summed E-state index contributed by atoms with van der Waals surface area (Å²) in [6, 6.07) is -1.06. The van der Waals surface area contributed by atoms with Crippen molar-refractivity contribution in [3.63, 3.8) is 0 Å². The molecule has 6 heteroatoms. The fraction of sp³-hybridized carbons (Fsp3) is 0.733. The molecule has 2 N–H and O–H groups in total. The van der Waals surface area contributed by atoms with Crippen LogP contribution in [0.25, 0.3) is 0 Å². The molecular formula is C15H25NO5. The Morgan fingerprint density at radius 3 is 2.76 bits per heavy atom. The van der Waals surface area contributed by atoms with E-state index in [2.05, 4.69) is 18.8 Å².